The van der Waals surface area contributed by atoms with Gasteiger partial charge in [-0.2, -0.15) is 0 Å². The molecule has 0 aliphatic rings. The molecule has 3 N–H and O–H groups in total. The molecule has 0 bridgehead atoms. The first-order chi connectivity index (χ1) is 16.0. The topological polar surface area (TPSA) is 96.1 Å². The molecule has 4 rings (SSSR count). The first-order valence-electron chi connectivity index (χ1n) is 10.4. The summed E-state index contributed by atoms with van der Waals surface area (Å²) in [6.45, 7) is 0.703. The van der Waals surface area contributed by atoms with Crippen LogP contribution in [0.1, 0.15) is 27.3 Å². The van der Waals surface area contributed by atoms with Crippen molar-refractivity contribution < 1.29 is 24.1 Å². The van der Waals surface area contributed by atoms with Crippen molar-refractivity contribution in [2.75, 3.05) is 13.2 Å². The second kappa shape index (κ2) is 9.40. The molecular formula is C25H24FN3O4. The molecule has 0 unspecified atom stereocenters. The van der Waals surface area contributed by atoms with Gasteiger partial charge in [0.1, 0.15) is 23.7 Å². The number of rotatable bonds is 8. The number of nitrogens with zero attached hydrogens (tertiary/aromatic N) is 2. The smallest absolute Gasteiger partial charge is 0.271 e. The Morgan fingerprint density at radius 2 is 1.76 bits per heavy atom. The predicted molar refractivity (Wildman–Crippen MR) is 120 cm³/mol. The average molecular weight is 449 g/mol. The molecule has 2 aromatic heterocycles. The van der Waals surface area contributed by atoms with Crippen LogP contribution in [0.5, 0.6) is 5.75 Å². The van der Waals surface area contributed by atoms with Gasteiger partial charge in [-0.25, -0.2) is 9.37 Å². The Kier molecular flexibility index (Phi) is 6.39. The summed E-state index contributed by atoms with van der Waals surface area (Å²) in [5, 5.41) is 22.9. The molecular weight excluding hydrogens is 425 g/mol. The summed E-state index contributed by atoms with van der Waals surface area (Å²) in [4.78, 5) is 17.8. The highest BCUT2D eigenvalue weighted by Crippen LogP contribution is 2.25. The SMILES string of the molecule is Cc1nc2c(OCc3ccccc3F)cccn2c1C(=O)NC(CO)(CO)c1ccccc1. The quantitative estimate of drug-likeness (QED) is 0.384. The molecule has 7 nitrogen and oxygen atoms in total. The number of aromatic nitrogens is 2. The number of amides is 1. The van der Waals surface area contributed by atoms with Gasteiger partial charge in [-0.05, 0) is 30.7 Å². The number of hydrogen-bond acceptors (Lipinski definition) is 5. The highest BCUT2D eigenvalue weighted by molar-refractivity contribution is 5.95. The van der Waals surface area contributed by atoms with E-state index >= 15 is 0 Å². The number of aliphatic hydroxyl groups is 2. The van der Waals surface area contributed by atoms with Gasteiger partial charge in [-0.3, -0.25) is 9.20 Å². The van der Waals surface area contributed by atoms with Crippen molar-refractivity contribution in [3.63, 3.8) is 0 Å². The number of benzene rings is 2. The molecule has 8 heteroatoms. The van der Waals surface area contributed by atoms with Crippen molar-refractivity contribution in [3.05, 3.63) is 101 Å². The van der Waals surface area contributed by atoms with Gasteiger partial charge < -0.3 is 20.3 Å². The van der Waals surface area contributed by atoms with E-state index in [2.05, 4.69) is 10.3 Å². The summed E-state index contributed by atoms with van der Waals surface area (Å²) >= 11 is 0. The Hall–Kier alpha value is -3.75. The van der Waals surface area contributed by atoms with E-state index in [9.17, 15) is 19.4 Å². The highest BCUT2D eigenvalue weighted by atomic mass is 19.1. The van der Waals surface area contributed by atoms with E-state index in [1.54, 1.807) is 72.1 Å². The standard InChI is InChI=1S/C25H24FN3O4/c1-17-22(24(32)28-25(15-30,16-31)19-9-3-2-4-10-19)29-13-7-12-21(23(29)27-17)33-14-18-8-5-6-11-20(18)26/h2-13,30-31H,14-16H2,1H3,(H,28,32). The predicted octanol–water partition coefficient (Wildman–Crippen LogP) is 2.97. The van der Waals surface area contributed by atoms with Gasteiger partial charge in [0.15, 0.2) is 11.4 Å². The van der Waals surface area contributed by atoms with E-state index in [4.69, 9.17) is 4.74 Å². The second-order valence-electron chi connectivity index (χ2n) is 7.71. The van der Waals surface area contributed by atoms with Crippen LogP contribution in [0.25, 0.3) is 5.65 Å². The van der Waals surface area contributed by atoms with Crippen LogP contribution in [0.2, 0.25) is 0 Å². The number of aliphatic hydroxyl groups excluding tert-OH is 2. The van der Waals surface area contributed by atoms with E-state index in [0.29, 0.717) is 28.2 Å². The molecule has 33 heavy (non-hydrogen) atoms. The fourth-order valence-electron chi connectivity index (χ4n) is 3.73. The largest absolute Gasteiger partial charge is 0.485 e. The lowest BCUT2D eigenvalue weighted by atomic mass is 9.91. The molecule has 0 aliphatic heterocycles. The van der Waals surface area contributed by atoms with Crippen LogP contribution < -0.4 is 10.1 Å². The minimum absolute atomic E-state index is 0.00588. The van der Waals surface area contributed by atoms with Crippen LogP contribution in [0, 0.1) is 12.7 Å². The number of halogens is 1. The zero-order chi connectivity index (χ0) is 23.4. The van der Waals surface area contributed by atoms with Gasteiger partial charge >= 0.3 is 0 Å². The van der Waals surface area contributed by atoms with Crippen molar-refractivity contribution in [1.82, 2.24) is 14.7 Å². The Balaban J connectivity index is 1.65. The number of fused-ring (bicyclic) bond motifs is 1. The molecule has 1 amide bonds. The fraction of sp³-hybridized carbons (Fsp3) is 0.200. The molecule has 2 aromatic carbocycles. The lowest BCUT2D eigenvalue weighted by Crippen LogP contribution is -2.51. The van der Waals surface area contributed by atoms with Gasteiger partial charge in [0.25, 0.3) is 5.91 Å². The van der Waals surface area contributed by atoms with Gasteiger partial charge in [0, 0.05) is 11.8 Å². The third kappa shape index (κ3) is 4.30. The number of nitrogens with one attached hydrogen (secondary N) is 1. The van der Waals surface area contributed by atoms with Crippen LogP contribution >= 0.6 is 0 Å². The van der Waals surface area contributed by atoms with Gasteiger partial charge in [-0.15, -0.1) is 0 Å². The Labute approximate surface area is 190 Å². The van der Waals surface area contributed by atoms with E-state index in [-0.39, 0.29) is 18.1 Å². The van der Waals surface area contributed by atoms with Crippen LogP contribution in [-0.4, -0.2) is 38.7 Å². The second-order valence-corrected chi connectivity index (χ2v) is 7.71. The van der Waals surface area contributed by atoms with Crippen LogP contribution in [0.3, 0.4) is 0 Å². The zero-order valence-corrected chi connectivity index (χ0v) is 18.0. The molecule has 0 radical (unpaired) electrons. The number of imidazole rings is 1. The molecule has 0 saturated carbocycles. The fourth-order valence-corrected chi connectivity index (χ4v) is 3.73. The van der Waals surface area contributed by atoms with Crippen LogP contribution in [0.15, 0.2) is 72.9 Å². The molecule has 0 spiro atoms. The average Bonchev–Trinajstić information content (AvgIpc) is 3.19. The number of ether oxygens (including phenoxy) is 1. The van der Waals surface area contributed by atoms with Crippen molar-refractivity contribution in [2.24, 2.45) is 0 Å². The minimum atomic E-state index is -1.37. The summed E-state index contributed by atoms with van der Waals surface area (Å²) < 4.78 is 21.3. The van der Waals surface area contributed by atoms with E-state index < -0.39 is 24.7 Å². The lowest BCUT2D eigenvalue weighted by Gasteiger charge is -2.31. The Morgan fingerprint density at radius 3 is 2.45 bits per heavy atom. The van der Waals surface area contributed by atoms with Gasteiger partial charge in [-0.1, -0.05) is 48.5 Å². The van der Waals surface area contributed by atoms with Gasteiger partial charge in [0.2, 0.25) is 0 Å². The monoisotopic (exact) mass is 449 g/mol. The van der Waals surface area contributed by atoms with E-state index in [0.717, 1.165) is 0 Å². The van der Waals surface area contributed by atoms with Gasteiger partial charge in [0.05, 0.1) is 18.9 Å². The maximum Gasteiger partial charge on any atom is 0.271 e. The summed E-state index contributed by atoms with van der Waals surface area (Å²) in [5.41, 5.74) is 0.682. The van der Waals surface area contributed by atoms with Crippen molar-refractivity contribution in [3.8, 4) is 5.75 Å². The Morgan fingerprint density at radius 1 is 1.06 bits per heavy atom. The maximum atomic E-state index is 14.0. The van der Waals surface area contributed by atoms with Crippen molar-refractivity contribution >= 4 is 11.6 Å². The van der Waals surface area contributed by atoms with Crippen molar-refractivity contribution in [1.29, 1.82) is 0 Å². The number of carbonyl (C=O) groups is 1. The van der Waals surface area contributed by atoms with Crippen molar-refractivity contribution in [2.45, 2.75) is 19.1 Å². The number of aryl methyl sites for hydroxylation is 1. The normalized spacial score (nSPS) is 11.5. The third-order valence-corrected chi connectivity index (χ3v) is 5.56. The summed E-state index contributed by atoms with van der Waals surface area (Å²) in [5.74, 6) is -0.492. The number of hydrogen-bond donors (Lipinski definition) is 3. The Bertz CT molecular complexity index is 1270. The van der Waals surface area contributed by atoms with E-state index in [1.807, 2.05) is 6.07 Å². The summed E-state index contributed by atoms with van der Waals surface area (Å²) in [6, 6.07) is 18.5. The van der Waals surface area contributed by atoms with Crippen LogP contribution in [-0.2, 0) is 12.1 Å². The van der Waals surface area contributed by atoms with E-state index in [1.165, 1.54) is 6.07 Å². The minimum Gasteiger partial charge on any atom is -0.485 e. The highest BCUT2D eigenvalue weighted by Gasteiger charge is 2.34. The molecule has 0 fully saturated rings. The number of pyridine rings is 1. The first kappa shape index (κ1) is 22.4. The molecule has 0 saturated heterocycles. The molecule has 4 aromatic rings. The maximum absolute atomic E-state index is 14.0. The molecule has 0 atom stereocenters. The first-order valence-corrected chi connectivity index (χ1v) is 10.4. The summed E-state index contributed by atoms with van der Waals surface area (Å²) in [7, 11) is 0. The molecule has 0 aliphatic carbocycles. The zero-order valence-electron chi connectivity index (χ0n) is 18.0. The lowest BCUT2D eigenvalue weighted by molar-refractivity contribution is 0.0652. The third-order valence-electron chi connectivity index (χ3n) is 5.56. The molecule has 170 valence electrons. The number of carbonyl (C=O) groups excluding carboxylic acids is 1. The molecule has 2 heterocycles. The summed E-state index contributed by atoms with van der Waals surface area (Å²) in [6.07, 6.45) is 1.67. The van der Waals surface area contributed by atoms with Crippen LogP contribution in [0.4, 0.5) is 4.39 Å².